The fourth-order valence-corrected chi connectivity index (χ4v) is 1.84. The first-order valence-corrected chi connectivity index (χ1v) is 6.75. The lowest BCUT2D eigenvalue weighted by Gasteiger charge is -2.23. The lowest BCUT2D eigenvalue weighted by Crippen LogP contribution is -2.33. The molecule has 3 N–H and O–H groups in total. The first kappa shape index (κ1) is 17.9. The molecule has 0 rings (SSSR count). The summed E-state index contributed by atoms with van der Waals surface area (Å²) in [5.41, 5.74) is 0. The van der Waals surface area contributed by atoms with Gasteiger partial charge in [0.2, 0.25) is 0 Å². The quantitative estimate of drug-likeness (QED) is 0.460. The molecule has 0 aliphatic rings. The maximum Gasteiger partial charge on any atom is 0.307 e. The minimum atomic E-state index is -0.820. The highest BCUT2D eigenvalue weighted by atomic mass is 16.4. The van der Waals surface area contributed by atoms with Gasteiger partial charge in [-0.2, -0.15) is 0 Å². The largest absolute Gasteiger partial charge is 0.481 e. The Balaban J connectivity index is 3.91. The predicted octanol–water partition coefficient (Wildman–Crippen LogP) is 1.04. The molecule has 0 radical (unpaired) electrons. The van der Waals surface area contributed by atoms with Gasteiger partial charge in [-0.25, -0.2) is 0 Å². The van der Waals surface area contributed by atoms with Crippen molar-refractivity contribution in [2.75, 3.05) is 26.2 Å². The van der Waals surface area contributed by atoms with Crippen LogP contribution in [0, 0.1) is 5.92 Å². The van der Waals surface area contributed by atoms with Crippen molar-refractivity contribution in [3.05, 3.63) is 0 Å². The second-order valence-corrected chi connectivity index (χ2v) is 4.82. The van der Waals surface area contributed by atoms with E-state index < -0.39 is 17.9 Å². The number of hydrogen-bond acceptors (Lipinski definition) is 4. The second kappa shape index (κ2) is 10.8. The third kappa shape index (κ3) is 10.5. The van der Waals surface area contributed by atoms with Crippen molar-refractivity contribution >= 4 is 11.9 Å². The maximum absolute atomic E-state index is 10.8. The summed E-state index contributed by atoms with van der Waals surface area (Å²) in [6.45, 7) is 3.65. The van der Waals surface area contributed by atoms with Gasteiger partial charge < -0.3 is 20.2 Å². The van der Waals surface area contributed by atoms with Gasteiger partial charge in [0.1, 0.15) is 0 Å². The van der Waals surface area contributed by atoms with Crippen molar-refractivity contribution < 1.29 is 24.9 Å². The molecule has 0 aromatic carbocycles. The van der Waals surface area contributed by atoms with Gasteiger partial charge >= 0.3 is 11.9 Å². The lowest BCUT2D eigenvalue weighted by atomic mass is 10.1. The van der Waals surface area contributed by atoms with Gasteiger partial charge in [0, 0.05) is 26.1 Å². The summed E-state index contributed by atoms with van der Waals surface area (Å²) in [6, 6.07) is 0. The number of rotatable bonds is 12. The Hall–Kier alpha value is -1.14. The summed E-state index contributed by atoms with van der Waals surface area (Å²) in [4.78, 5) is 23.2. The zero-order chi connectivity index (χ0) is 14.7. The Morgan fingerprint density at radius 3 is 2.21 bits per heavy atom. The third-order valence-corrected chi connectivity index (χ3v) is 2.95. The van der Waals surface area contributed by atoms with Gasteiger partial charge in [-0.15, -0.1) is 0 Å². The summed E-state index contributed by atoms with van der Waals surface area (Å²) >= 11 is 0. The van der Waals surface area contributed by atoms with Gasteiger partial charge in [0.25, 0.3) is 0 Å². The molecular weight excluding hydrogens is 250 g/mol. The molecule has 1 atom stereocenters. The minimum Gasteiger partial charge on any atom is -0.481 e. The smallest absolute Gasteiger partial charge is 0.307 e. The Bertz CT molecular complexity index is 270. The molecular formula is C13H25NO5. The molecule has 112 valence electrons. The van der Waals surface area contributed by atoms with Crippen molar-refractivity contribution in [1.29, 1.82) is 0 Å². The van der Waals surface area contributed by atoms with Crippen LogP contribution in [0.3, 0.4) is 0 Å². The van der Waals surface area contributed by atoms with Crippen LogP contribution >= 0.6 is 0 Å². The van der Waals surface area contributed by atoms with E-state index in [2.05, 4.69) is 0 Å². The third-order valence-electron chi connectivity index (χ3n) is 2.95. The highest BCUT2D eigenvalue weighted by Gasteiger charge is 2.15. The zero-order valence-corrected chi connectivity index (χ0v) is 11.5. The Kier molecular flexibility index (Phi) is 10.1. The summed E-state index contributed by atoms with van der Waals surface area (Å²) in [5, 5.41) is 26.2. The van der Waals surface area contributed by atoms with Crippen molar-refractivity contribution in [2.45, 2.75) is 39.0 Å². The van der Waals surface area contributed by atoms with Crippen molar-refractivity contribution in [1.82, 2.24) is 4.90 Å². The average molecular weight is 275 g/mol. The molecule has 0 aromatic rings. The summed E-state index contributed by atoms with van der Waals surface area (Å²) in [6.07, 6.45) is 3.13. The normalized spacial score (nSPS) is 12.6. The topological polar surface area (TPSA) is 98.1 Å². The molecule has 0 fully saturated rings. The molecule has 0 aromatic heterocycles. The van der Waals surface area contributed by atoms with Crippen molar-refractivity contribution in [3.63, 3.8) is 0 Å². The second-order valence-electron chi connectivity index (χ2n) is 4.82. The van der Waals surface area contributed by atoms with E-state index >= 15 is 0 Å². The average Bonchev–Trinajstić information content (AvgIpc) is 2.34. The monoisotopic (exact) mass is 275 g/mol. The highest BCUT2D eigenvalue weighted by molar-refractivity contribution is 5.69. The van der Waals surface area contributed by atoms with E-state index in [0.717, 1.165) is 19.4 Å². The van der Waals surface area contributed by atoms with Crippen LogP contribution in [0.25, 0.3) is 0 Å². The number of carboxylic acid groups (broad SMARTS) is 2. The summed E-state index contributed by atoms with van der Waals surface area (Å²) in [7, 11) is 0. The van der Waals surface area contributed by atoms with E-state index in [1.165, 1.54) is 0 Å². The number of aliphatic hydroxyl groups excluding tert-OH is 1. The molecule has 0 bridgehead atoms. The number of nitrogens with zero attached hydrogens (tertiary/aromatic N) is 1. The van der Waals surface area contributed by atoms with Crippen LogP contribution in [-0.4, -0.2) is 58.4 Å². The lowest BCUT2D eigenvalue weighted by molar-refractivity contribution is -0.142. The molecule has 6 nitrogen and oxygen atoms in total. The molecule has 0 saturated heterocycles. The number of hydrogen-bond donors (Lipinski definition) is 3. The fraction of sp³-hybridized carbons (Fsp3) is 0.846. The maximum atomic E-state index is 10.8. The molecule has 0 heterocycles. The molecule has 19 heavy (non-hydrogen) atoms. The van der Waals surface area contributed by atoms with E-state index in [1.54, 1.807) is 6.92 Å². The Morgan fingerprint density at radius 1 is 1.05 bits per heavy atom. The fourth-order valence-electron chi connectivity index (χ4n) is 1.84. The minimum absolute atomic E-state index is 0.0942. The van der Waals surface area contributed by atoms with Crippen LogP contribution in [0.4, 0.5) is 0 Å². The zero-order valence-electron chi connectivity index (χ0n) is 11.5. The van der Waals surface area contributed by atoms with E-state index in [9.17, 15) is 9.59 Å². The van der Waals surface area contributed by atoms with Crippen LogP contribution in [0.1, 0.15) is 39.0 Å². The van der Waals surface area contributed by atoms with E-state index in [4.69, 9.17) is 15.3 Å². The van der Waals surface area contributed by atoms with Crippen LogP contribution < -0.4 is 0 Å². The summed E-state index contributed by atoms with van der Waals surface area (Å²) < 4.78 is 0. The van der Waals surface area contributed by atoms with Crippen LogP contribution in [-0.2, 0) is 9.59 Å². The predicted molar refractivity (Wildman–Crippen MR) is 71.0 cm³/mol. The van der Waals surface area contributed by atoms with Crippen LogP contribution in [0.2, 0.25) is 0 Å². The van der Waals surface area contributed by atoms with E-state index in [-0.39, 0.29) is 13.0 Å². The van der Waals surface area contributed by atoms with Crippen molar-refractivity contribution in [3.8, 4) is 0 Å². The number of aliphatic carboxylic acids is 2. The molecule has 0 spiro atoms. The van der Waals surface area contributed by atoms with Gasteiger partial charge in [-0.1, -0.05) is 13.3 Å². The standard InChI is InChI=1S/C13H25NO5/c1-11(13(18)19)10-14(8-5-9-15)7-4-2-3-6-12(16)17/h11,15H,2-10H2,1H3,(H,16,17)(H,18,19). The molecule has 1 unspecified atom stereocenters. The Morgan fingerprint density at radius 2 is 1.68 bits per heavy atom. The number of carboxylic acids is 2. The highest BCUT2D eigenvalue weighted by Crippen LogP contribution is 2.06. The molecule has 0 amide bonds. The molecule has 6 heteroatoms. The first-order chi connectivity index (χ1) is 8.97. The van der Waals surface area contributed by atoms with Crippen molar-refractivity contribution in [2.24, 2.45) is 5.92 Å². The van der Waals surface area contributed by atoms with Crippen LogP contribution in [0.15, 0.2) is 0 Å². The molecule has 0 saturated carbocycles. The van der Waals surface area contributed by atoms with Gasteiger partial charge in [-0.3, -0.25) is 9.59 Å². The molecule has 0 aliphatic carbocycles. The van der Waals surface area contributed by atoms with Crippen LogP contribution in [0.5, 0.6) is 0 Å². The molecule has 0 aliphatic heterocycles. The van der Waals surface area contributed by atoms with Gasteiger partial charge in [-0.05, 0) is 25.8 Å². The summed E-state index contributed by atoms with van der Waals surface area (Å²) in [5.74, 6) is -2.03. The number of aliphatic hydroxyl groups is 1. The Labute approximate surface area is 114 Å². The first-order valence-electron chi connectivity index (χ1n) is 6.75. The van der Waals surface area contributed by atoms with E-state index in [0.29, 0.717) is 25.9 Å². The van der Waals surface area contributed by atoms with Gasteiger partial charge in [0.15, 0.2) is 0 Å². The number of carbonyl (C=O) groups is 2. The number of unbranched alkanes of at least 4 members (excludes halogenated alkanes) is 2. The SMILES string of the molecule is CC(CN(CCCO)CCCCCC(=O)O)C(=O)O. The van der Waals surface area contributed by atoms with E-state index in [1.807, 2.05) is 4.90 Å². The van der Waals surface area contributed by atoms with Gasteiger partial charge in [0.05, 0.1) is 5.92 Å².